The highest BCUT2D eigenvalue weighted by molar-refractivity contribution is 5.84. The van der Waals surface area contributed by atoms with Crippen molar-refractivity contribution < 1.29 is 14.3 Å². The van der Waals surface area contributed by atoms with Crippen LogP contribution >= 0.6 is 0 Å². The number of rotatable bonds is 7. The zero-order valence-electron chi connectivity index (χ0n) is 15.0. The third-order valence-corrected chi connectivity index (χ3v) is 4.42. The van der Waals surface area contributed by atoms with Crippen molar-refractivity contribution >= 4 is 11.8 Å². The van der Waals surface area contributed by atoms with Crippen molar-refractivity contribution in [2.24, 2.45) is 0 Å². The summed E-state index contributed by atoms with van der Waals surface area (Å²) in [6, 6.07) is 17.3. The molecule has 138 valence electrons. The standard InChI is InChI=1S/C21H26N2O3/c24-21(25-15-14-23-12-5-2-6-13-23)22-19-10-7-11-20(16-19)26-17-18-8-3-1-4-9-18/h1,3-4,7-11,16H,2,5-6,12-15,17H2,(H,22,24). The second-order valence-electron chi connectivity index (χ2n) is 6.47. The Morgan fingerprint density at radius 1 is 1.00 bits per heavy atom. The zero-order valence-corrected chi connectivity index (χ0v) is 15.0. The van der Waals surface area contributed by atoms with E-state index in [4.69, 9.17) is 9.47 Å². The number of amides is 1. The van der Waals surface area contributed by atoms with Gasteiger partial charge in [-0.15, -0.1) is 0 Å². The van der Waals surface area contributed by atoms with Gasteiger partial charge in [-0.25, -0.2) is 4.79 Å². The van der Waals surface area contributed by atoms with Crippen LogP contribution in [0.25, 0.3) is 0 Å². The molecule has 26 heavy (non-hydrogen) atoms. The van der Waals surface area contributed by atoms with E-state index in [1.165, 1.54) is 19.3 Å². The van der Waals surface area contributed by atoms with E-state index in [0.29, 0.717) is 24.7 Å². The quantitative estimate of drug-likeness (QED) is 0.805. The first-order valence-corrected chi connectivity index (χ1v) is 9.22. The van der Waals surface area contributed by atoms with Crippen LogP contribution in [0.15, 0.2) is 54.6 Å². The van der Waals surface area contributed by atoms with Crippen molar-refractivity contribution in [3.05, 3.63) is 60.2 Å². The minimum atomic E-state index is -0.429. The highest BCUT2D eigenvalue weighted by Gasteiger charge is 2.11. The number of hydrogen-bond donors (Lipinski definition) is 1. The Hall–Kier alpha value is -2.53. The van der Waals surface area contributed by atoms with Crippen LogP contribution in [-0.2, 0) is 11.3 Å². The van der Waals surface area contributed by atoms with Crippen LogP contribution < -0.4 is 10.1 Å². The normalized spacial score (nSPS) is 14.6. The molecule has 1 amide bonds. The summed E-state index contributed by atoms with van der Waals surface area (Å²) in [4.78, 5) is 14.3. The van der Waals surface area contributed by atoms with Crippen LogP contribution in [0, 0.1) is 0 Å². The molecule has 1 aliphatic rings. The fourth-order valence-corrected chi connectivity index (χ4v) is 3.01. The number of likely N-dealkylation sites (tertiary alicyclic amines) is 1. The molecule has 1 saturated heterocycles. The molecule has 0 spiro atoms. The fourth-order valence-electron chi connectivity index (χ4n) is 3.01. The monoisotopic (exact) mass is 354 g/mol. The first kappa shape index (κ1) is 18.3. The molecule has 0 bridgehead atoms. The maximum absolute atomic E-state index is 12.0. The van der Waals surface area contributed by atoms with Crippen LogP contribution in [0.4, 0.5) is 10.5 Å². The summed E-state index contributed by atoms with van der Waals surface area (Å²) < 4.78 is 11.1. The van der Waals surface area contributed by atoms with Gasteiger partial charge in [-0.1, -0.05) is 42.8 Å². The lowest BCUT2D eigenvalue weighted by Crippen LogP contribution is -2.33. The number of benzene rings is 2. The molecule has 2 aromatic carbocycles. The topological polar surface area (TPSA) is 50.8 Å². The minimum Gasteiger partial charge on any atom is -0.489 e. The average Bonchev–Trinajstić information content (AvgIpc) is 2.68. The second kappa shape index (κ2) is 9.82. The van der Waals surface area contributed by atoms with Gasteiger partial charge in [0.1, 0.15) is 19.0 Å². The van der Waals surface area contributed by atoms with Crippen LogP contribution in [0.1, 0.15) is 24.8 Å². The van der Waals surface area contributed by atoms with E-state index in [2.05, 4.69) is 10.2 Å². The first-order valence-electron chi connectivity index (χ1n) is 9.22. The predicted molar refractivity (Wildman–Crippen MR) is 102 cm³/mol. The Morgan fingerprint density at radius 3 is 2.62 bits per heavy atom. The van der Waals surface area contributed by atoms with E-state index in [1.54, 1.807) is 6.07 Å². The number of nitrogens with one attached hydrogen (secondary N) is 1. The lowest BCUT2D eigenvalue weighted by atomic mass is 10.1. The van der Waals surface area contributed by atoms with Gasteiger partial charge in [-0.05, 0) is 43.6 Å². The van der Waals surface area contributed by atoms with Crippen LogP contribution in [0.2, 0.25) is 0 Å². The Kier molecular flexibility index (Phi) is 6.90. The molecule has 1 heterocycles. The molecule has 0 aromatic heterocycles. The van der Waals surface area contributed by atoms with Gasteiger partial charge in [0, 0.05) is 18.3 Å². The van der Waals surface area contributed by atoms with E-state index in [-0.39, 0.29) is 0 Å². The van der Waals surface area contributed by atoms with Crippen LogP contribution in [0.5, 0.6) is 5.75 Å². The van der Waals surface area contributed by atoms with E-state index < -0.39 is 6.09 Å². The number of carbonyl (C=O) groups excluding carboxylic acids is 1. The van der Waals surface area contributed by atoms with Crippen molar-refractivity contribution in [3.63, 3.8) is 0 Å². The fraction of sp³-hybridized carbons (Fsp3) is 0.381. The molecule has 0 radical (unpaired) electrons. The molecule has 1 aliphatic heterocycles. The summed E-state index contributed by atoms with van der Waals surface area (Å²) in [5.41, 5.74) is 1.77. The molecule has 1 fully saturated rings. The molecule has 0 aliphatic carbocycles. The molecule has 2 aromatic rings. The largest absolute Gasteiger partial charge is 0.489 e. The van der Waals surface area contributed by atoms with Crippen molar-refractivity contribution in [2.75, 3.05) is 31.6 Å². The van der Waals surface area contributed by atoms with Gasteiger partial charge in [0.05, 0.1) is 0 Å². The number of carbonyl (C=O) groups is 1. The number of nitrogens with zero attached hydrogens (tertiary/aromatic N) is 1. The Balaban J connectivity index is 1.41. The van der Waals surface area contributed by atoms with Gasteiger partial charge in [0.15, 0.2) is 0 Å². The highest BCUT2D eigenvalue weighted by Crippen LogP contribution is 2.19. The number of hydrogen-bond acceptors (Lipinski definition) is 4. The smallest absolute Gasteiger partial charge is 0.411 e. The summed E-state index contributed by atoms with van der Waals surface area (Å²) in [6.45, 7) is 3.91. The van der Waals surface area contributed by atoms with Gasteiger partial charge in [-0.2, -0.15) is 0 Å². The van der Waals surface area contributed by atoms with Gasteiger partial charge in [-0.3, -0.25) is 10.2 Å². The third-order valence-electron chi connectivity index (χ3n) is 4.42. The van der Waals surface area contributed by atoms with E-state index in [0.717, 1.165) is 25.2 Å². The molecule has 5 heteroatoms. The van der Waals surface area contributed by atoms with Crippen molar-refractivity contribution in [1.82, 2.24) is 4.90 Å². The Labute approximate surface area is 154 Å². The predicted octanol–water partition coefficient (Wildman–Crippen LogP) is 4.30. The van der Waals surface area contributed by atoms with E-state index in [9.17, 15) is 4.79 Å². The van der Waals surface area contributed by atoms with Crippen molar-refractivity contribution in [2.45, 2.75) is 25.9 Å². The second-order valence-corrected chi connectivity index (χ2v) is 6.47. The maximum atomic E-state index is 12.0. The lowest BCUT2D eigenvalue weighted by Gasteiger charge is -2.25. The maximum Gasteiger partial charge on any atom is 0.411 e. The van der Waals surface area contributed by atoms with Crippen molar-refractivity contribution in [1.29, 1.82) is 0 Å². The first-order chi connectivity index (χ1) is 12.8. The number of piperidine rings is 1. The number of ether oxygens (including phenoxy) is 2. The molecule has 0 atom stereocenters. The molecular weight excluding hydrogens is 328 g/mol. The minimum absolute atomic E-state index is 0.413. The molecule has 3 rings (SSSR count). The summed E-state index contributed by atoms with van der Waals surface area (Å²) >= 11 is 0. The van der Waals surface area contributed by atoms with Crippen molar-refractivity contribution in [3.8, 4) is 5.75 Å². The average molecular weight is 354 g/mol. The molecule has 5 nitrogen and oxygen atoms in total. The van der Waals surface area contributed by atoms with Gasteiger partial charge in [0.2, 0.25) is 0 Å². The highest BCUT2D eigenvalue weighted by atomic mass is 16.5. The molecule has 1 N–H and O–H groups in total. The van der Waals surface area contributed by atoms with Gasteiger partial charge in [0.25, 0.3) is 0 Å². The number of anilines is 1. The third kappa shape index (κ3) is 6.08. The molecule has 0 saturated carbocycles. The summed E-state index contributed by atoms with van der Waals surface area (Å²) in [5, 5.41) is 2.76. The lowest BCUT2D eigenvalue weighted by molar-refractivity contribution is 0.131. The van der Waals surface area contributed by atoms with Crippen LogP contribution in [-0.4, -0.2) is 37.2 Å². The molecule has 0 unspecified atom stereocenters. The van der Waals surface area contributed by atoms with Gasteiger partial charge < -0.3 is 9.47 Å². The Morgan fingerprint density at radius 2 is 1.81 bits per heavy atom. The summed E-state index contributed by atoms with van der Waals surface area (Å²) in [6.07, 6.45) is 3.35. The zero-order chi connectivity index (χ0) is 18.0. The molecular formula is C21H26N2O3. The SMILES string of the molecule is O=C(Nc1cccc(OCc2ccccc2)c1)OCCN1CCCCC1. The van der Waals surface area contributed by atoms with Crippen LogP contribution in [0.3, 0.4) is 0 Å². The summed E-state index contributed by atoms with van der Waals surface area (Å²) in [7, 11) is 0. The van der Waals surface area contributed by atoms with Gasteiger partial charge >= 0.3 is 6.09 Å². The van der Waals surface area contributed by atoms with E-state index >= 15 is 0 Å². The Bertz CT molecular complexity index is 685. The summed E-state index contributed by atoms with van der Waals surface area (Å²) in [5.74, 6) is 0.708. The van der Waals surface area contributed by atoms with E-state index in [1.807, 2.05) is 48.5 Å².